The zero-order valence-electron chi connectivity index (χ0n) is 13.6. The predicted octanol–water partition coefficient (Wildman–Crippen LogP) is 2.59. The van der Waals surface area contributed by atoms with Crippen LogP contribution in [-0.4, -0.2) is 50.8 Å². The van der Waals surface area contributed by atoms with Gasteiger partial charge < -0.3 is 19.1 Å². The van der Waals surface area contributed by atoms with Gasteiger partial charge in [-0.2, -0.15) is 0 Å². The van der Waals surface area contributed by atoms with Crippen LogP contribution in [0.2, 0.25) is 0 Å². The van der Waals surface area contributed by atoms with Crippen LogP contribution in [0.5, 0.6) is 11.5 Å². The second-order valence-electron chi connectivity index (χ2n) is 5.80. The van der Waals surface area contributed by atoms with Crippen molar-refractivity contribution in [2.45, 2.75) is 20.3 Å². The maximum Gasteiger partial charge on any atom is 0.254 e. The highest BCUT2D eigenvalue weighted by Gasteiger charge is 2.20. The van der Waals surface area contributed by atoms with Crippen molar-refractivity contribution in [1.82, 2.24) is 4.90 Å². The van der Waals surface area contributed by atoms with Gasteiger partial charge in [0.15, 0.2) is 11.5 Å². The molecule has 0 atom stereocenters. The van der Waals surface area contributed by atoms with Crippen molar-refractivity contribution < 1.29 is 19.0 Å². The smallest absolute Gasteiger partial charge is 0.254 e. The van der Waals surface area contributed by atoms with Crippen LogP contribution < -0.4 is 9.47 Å². The van der Waals surface area contributed by atoms with E-state index in [1.165, 1.54) is 0 Å². The first-order chi connectivity index (χ1) is 10.6. The Kier molecular flexibility index (Phi) is 6.07. The van der Waals surface area contributed by atoms with E-state index in [1.54, 1.807) is 24.1 Å². The minimum atomic E-state index is 0.00957. The first-order valence-corrected chi connectivity index (χ1v) is 7.79. The van der Waals surface area contributed by atoms with E-state index in [0.717, 1.165) is 6.42 Å². The second-order valence-corrected chi connectivity index (χ2v) is 5.80. The standard InChI is InChI=1S/C17H25NO4/c1-13(2)6-9-22-15-5-4-14(12-16(15)20-3)17(19)18-7-10-21-11-8-18/h4-5,12-13H,6-11H2,1-3H3. The molecule has 0 aliphatic carbocycles. The molecular weight excluding hydrogens is 282 g/mol. The summed E-state index contributed by atoms with van der Waals surface area (Å²) < 4.78 is 16.4. The SMILES string of the molecule is COc1cc(C(=O)N2CCOCC2)ccc1OCCC(C)C. The number of hydrogen-bond acceptors (Lipinski definition) is 4. The Morgan fingerprint density at radius 3 is 2.64 bits per heavy atom. The molecule has 1 heterocycles. The third-order valence-corrected chi connectivity index (χ3v) is 3.66. The quantitative estimate of drug-likeness (QED) is 0.810. The predicted molar refractivity (Wildman–Crippen MR) is 84.7 cm³/mol. The van der Waals surface area contributed by atoms with Crippen LogP contribution in [0.3, 0.4) is 0 Å². The van der Waals surface area contributed by atoms with Crippen molar-refractivity contribution in [2.75, 3.05) is 40.0 Å². The number of amides is 1. The van der Waals surface area contributed by atoms with E-state index in [4.69, 9.17) is 14.2 Å². The molecule has 0 saturated carbocycles. The summed E-state index contributed by atoms with van der Waals surface area (Å²) in [7, 11) is 1.59. The van der Waals surface area contributed by atoms with Gasteiger partial charge in [0.05, 0.1) is 26.9 Å². The summed E-state index contributed by atoms with van der Waals surface area (Å²) in [4.78, 5) is 14.3. The molecule has 5 heteroatoms. The minimum absolute atomic E-state index is 0.00957. The average molecular weight is 307 g/mol. The molecule has 1 aliphatic heterocycles. The van der Waals surface area contributed by atoms with Crippen LogP contribution in [0.25, 0.3) is 0 Å². The summed E-state index contributed by atoms with van der Waals surface area (Å²) in [5.41, 5.74) is 0.620. The molecule has 0 unspecified atom stereocenters. The Hall–Kier alpha value is -1.75. The lowest BCUT2D eigenvalue weighted by molar-refractivity contribution is 0.0302. The largest absolute Gasteiger partial charge is 0.493 e. The van der Waals surface area contributed by atoms with Gasteiger partial charge >= 0.3 is 0 Å². The van der Waals surface area contributed by atoms with Crippen LogP contribution in [0.4, 0.5) is 0 Å². The van der Waals surface area contributed by atoms with Gasteiger partial charge in [-0.25, -0.2) is 0 Å². The van der Waals surface area contributed by atoms with Crippen molar-refractivity contribution in [2.24, 2.45) is 5.92 Å². The van der Waals surface area contributed by atoms with Gasteiger partial charge in [-0.05, 0) is 30.5 Å². The Balaban J connectivity index is 2.05. The number of morpholine rings is 1. The van der Waals surface area contributed by atoms with Crippen LogP contribution in [0.1, 0.15) is 30.6 Å². The van der Waals surface area contributed by atoms with Gasteiger partial charge in [0, 0.05) is 18.7 Å². The summed E-state index contributed by atoms with van der Waals surface area (Å²) in [6.45, 7) is 7.42. The minimum Gasteiger partial charge on any atom is -0.493 e. The van der Waals surface area contributed by atoms with E-state index < -0.39 is 0 Å². The molecule has 1 amide bonds. The van der Waals surface area contributed by atoms with Crippen molar-refractivity contribution in [3.8, 4) is 11.5 Å². The van der Waals surface area contributed by atoms with Gasteiger partial charge in [-0.15, -0.1) is 0 Å². The molecule has 0 bridgehead atoms. The van der Waals surface area contributed by atoms with Gasteiger partial charge in [0.1, 0.15) is 0 Å². The number of rotatable bonds is 6. The molecule has 0 radical (unpaired) electrons. The molecule has 122 valence electrons. The zero-order valence-corrected chi connectivity index (χ0v) is 13.6. The van der Waals surface area contributed by atoms with E-state index in [9.17, 15) is 4.79 Å². The summed E-state index contributed by atoms with van der Waals surface area (Å²) in [5, 5.41) is 0. The fraction of sp³-hybridized carbons (Fsp3) is 0.588. The number of carbonyl (C=O) groups is 1. The average Bonchev–Trinajstić information content (AvgIpc) is 2.55. The molecule has 1 aromatic carbocycles. The van der Waals surface area contributed by atoms with Gasteiger partial charge in [-0.3, -0.25) is 4.79 Å². The van der Waals surface area contributed by atoms with E-state index in [1.807, 2.05) is 6.07 Å². The number of benzene rings is 1. The fourth-order valence-electron chi connectivity index (χ4n) is 2.27. The van der Waals surface area contributed by atoms with Gasteiger partial charge in [0.2, 0.25) is 0 Å². The van der Waals surface area contributed by atoms with Crippen LogP contribution in [0.15, 0.2) is 18.2 Å². The normalized spacial score (nSPS) is 15.0. The molecule has 22 heavy (non-hydrogen) atoms. The van der Waals surface area contributed by atoms with Gasteiger partial charge in [-0.1, -0.05) is 13.8 Å². The monoisotopic (exact) mass is 307 g/mol. The van der Waals surface area contributed by atoms with Gasteiger partial charge in [0.25, 0.3) is 5.91 Å². The molecule has 1 aliphatic rings. The lowest BCUT2D eigenvalue weighted by Crippen LogP contribution is -2.40. The number of methoxy groups -OCH3 is 1. The van der Waals surface area contributed by atoms with Crippen molar-refractivity contribution in [3.63, 3.8) is 0 Å². The zero-order chi connectivity index (χ0) is 15.9. The molecule has 1 aromatic rings. The van der Waals surface area contributed by atoms with Crippen LogP contribution in [0, 0.1) is 5.92 Å². The molecule has 1 saturated heterocycles. The second kappa shape index (κ2) is 8.03. The van der Waals surface area contributed by atoms with Crippen LogP contribution >= 0.6 is 0 Å². The van der Waals surface area contributed by atoms with Crippen molar-refractivity contribution in [3.05, 3.63) is 23.8 Å². The van der Waals surface area contributed by atoms with Crippen molar-refractivity contribution in [1.29, 1.82) is 0 Å². The summed E-state index contributed by atoms with van der Waals surface area (Å²) in [5.74, 6) is 1.88. The Bertz CT molecular complexity index is 495. The topological polar surface area (TPSA) is 48.0 Å². The Morgan fingerprint density at radius 1 is 1.27 bits per heavy atom. The molecular formula is C17H25NO4. The van der Waals surface area contributed by atoms with Crippen molar-refractivity contribution >= 4 is 5.91 Å². The molecule has 2 rings (SSSR count). The molecule has 1 fully saturated rings. The van der Waals surface area contributed by atoms with Crippen LogP contribution in [-0.2, 0) is 4.74 Å². The maximum absolute atomic E-state index is 12.5. The highest BCUT2D eigenvalue weighted by Crippen LogP contribution is 2.29. The van der Waals surface area contributed by atoms with E-state index >= 15 is 0 Å². The van der Waals surface area contributed by atoms with E-state index in [-0.39, 0.29) is 5.91 Å². The highest BCUT2D eigenvalue weighted by atomic mass is 16.5. The number of hydrogen-bond donors (Lipinski definition) is 0. The molecule has 5 nitrogen and oxygen atoms in total. The first-order valence-electron chi connectivity index (χ1n) is 7.79. The van der Waals surface area contributed by atoms with E-state index in [0.29, 0.717) is 55.9 Å². The fourth-order valence-corrected chi connectivity index (χ4v) is 2.27. The number of carbonyl (C=O) groups excluding carboxylic acids is 1. The third-order valence-electron chi connectivity index (χ3n) is 3.66. The maximum atomic E-state index is 12.5. The molecule has 0 spiro atoms. The lowest BCUT2D eigenvalue weighted by Gasteiger charge is -2.27. The number of nitrogens with zero attached hydrogens (tertiary/aromatic N) is 1. The van der Waals surface area contributed by atoms with E-state index in [2.05, 4.69) is 13.8 Å². The Morgan fingerprint density at radius 2 is 2.00 bits per heavy atom. The third kappa shape index (κ3) is 4.37. The summed E-state index contributed by atoms with van der Waals surface area (Å²) in [6.07, 6.45) is 0.984. The first kappa shape index (κ1) is 16.6. The highest BCUT2D eigenvalue weighted by molar-refractivity contribution is 5.95. The Labute approximate surface area is 132 Å². The molecule has 0 N–H and O–H groups in total. The molecule has 0 aromatic heterocycles. The number of ether oxygens (including phenoxy) is 3. The summed E-state index contributed by atoms with van der Waals surface area (Å²) in [6, 6.07) is 5.36. The summed E-state index contributed by atoms with van der Waals surface area (Å²) >= 11 is 0. The lowest BCUT2D eigenvalue weighted by atomic mass is 10.1.